The van der Waals surface area contributed by atoms with Crippen molar-refractivity contribution in [3.8, 4) is 0 Å². The van der Waals surface area contributed by atoms with Crippen LogP contribution in [0.4, 0.5) is 0 Å². The second-order valence-electron chi connectivity index (χ2n) is 4.06. The molecular weight excluding hydrogens is 210 g/mol. The zero-order chi connectivity index (χ0) is 12.1. The molecule has 0 amide bonds. The van der Waals surface area contributed by atoms with Gasteiger partial charge in [-0.2, -0.15) is 0 Å². The molecule has 0 fully saturated rings. The lowest BCUT2D eigenvalue weighted by molar-refractivity contribution is 0.0982. The molecule has 2 aromatic rings. The normalized spacial score (nSPS) is 10.2. The number of aryl methyl sites for hydroxylation is 2. The summed E-state index contributed by atoms with van der Waals surface area (Å²) in [6.45, 7) is 1.97. The molecule has 0 saturated carbocycles. The van der Waals surface area contributed by atoms with Crippen molar-refractivity contribution in [2.24, 2.45) is 0 Å². The molecule has 0 saturated heterocycles. The van der Waals surface area contributed by atoms with Crippen LogP contribution in [-0.4, -0.2) is 10.8 Å². The number of nitrogens with zero attached hydrogens (tertiary/aromatic N) is 1. The van der Waals surface area contributed by atoms with Crippen LogP contribution in [0.25, 0.3) is 0 Å². The number of aromatic nitrogens is 1. The van der Waals surface area contributed by atoms with E-state index in [1.165, 1.54) is 0 Å². The Labute approximate surface area is 101 Å². The standard InChI is InChI=1S/C15H15NO/c1-12-6-2-3-8-14(12)15(17)10-9-13-7-4-5-11-16-13/h2-8,11H,9-10H2,1H3. The Morgan fingerprint density at radius 2 is 1.88 bits per heavy atom. The first-order valence-electron chi connectivity index (χ1n) is 5.76. The number of ketones is 1. The highest BCUT2D eigenvalue weighted by Gasteiger charge is 2.08. The predicted octanol–water partition coefficient (Wildman–Crippen LogP) is 3.21. The highest BCUT2D eigenvalue weighted by Crippen LogP contribution is 2.11. The Balaban J connectivity index is 2.01. The lowest BCUT2D eigenvalue weighted by atomic mass is 10.0. The molecule has 0 aliphatic carbocycles. The van der Waals surface area contributed by atoms with Gasteiger partial charge in [0.1, 0.15) is 0 Å². The first-order valence-corrected chi connectivity index (χ1v) is 5.76. The van der Waals surface area contributed by atoms with Crippen LogP contribution >= 0.6 is 0 Å². The molecule has 17 heavy (non-hydrogen) atoms. The Bertz CT molecular complexity index is 505. The van der Waals surface area contributed by atoms with Crippen molar-refractivity contribution in [2.75, 3.05) is 0 Å². The molecule has 86 valence electrons. The largest absolute Gasteiger partial charge is 0.294 e. The fourth-order valence-corrected chi connectivity index (χ4v) is 1.81. The number of hydrogen-bond donors (Lipinski definition) is 0. The van der Waals surface area contributed by atoms with E-state index in [0.29, 0.717) is 12.8 Å². The van der Waals surface area contributed by atoms with Crippen LogP contribution in [0.15, 0.2) is 48.7 Å². The van der Waals surface area contributed by atoms with Gasteiger partial charge in [0.05, 0.1) is 0 Å². The number of Topliss-reactive ketones (excluding diaryl/α,β-unsaturated/α-hetero) is 1. The molecule has 2 nitrogen and oxygen atoms in total. The second kappa shape index (κ2) is 5.39. The molecular formula is C15H15NO. The van der Waals surface area contributed by atoms with E-state index in [1.54, 1.807) is 6.20 Å². The zero-order valence-corrected chi connectivity index (χ0v) is 9.89. The molecule has 1 aromatic heterocycles. The monoisotopic (exact) mass is 225 g/mol. The minimum absolute atomic E-state index is 0.189. The Morgan fingerprint density at radius 1 is 1.12 bits per heavy atom. The SMILES string of the molecule is Cc1ccccc1C(=O)CCc1ccccn1. The molecule has 0 spiro atoms. The molecule has 0 aliphatic rings. The van der Waals surface area contributed by atoms with Gasteiger partial charge in [-0.05, 0) is 31.0 Å². The summed E-state index contributed by atoms with van der Waals surface area (Å²) >= 11 is 0. The lowest BCUT2D eigenvalue weighted by Gasteiger charge is -2.04. The number of hydrogen-bond acceptors (Lipinski definition) is 2. The molecule has 2 heteroatoms. The van der Waals surface area contributed by atoms with E-state index in [2.05, 4.69) is 4.98 Å². The first kappa shape index (κ1) is 11.5. The van der Waals surface area contributed by atoms with Crippen LogP contribution in [0.1, 0.15) is 28.0 Å². The van der Waals surface area contributed by atoms with Crippen molar-refractivity contribution in [1.82, 2.24) is 4.98 Å². The van der Waals surface area contributed by atoms with Crippen molar-refractivity contribution in [1.29, 1.82) is 0 Å². The molecule has 0 aliphatic heterocycles. The van der Waals surface area contributed by atoms with Gasteiger partial charge in [-0.15, -0.1) is 0 Å². The summed E-state index contributed by atoms with van der Waals surface area (Å²) in [6, 6.07) is 13.5. The zero-order valence-electron chi connectivity index (χ0n) is 9.89. The highest BCUT2D eigenvalue weighted by atomic mass is 16.1. The van der Waals surface area contributed by atoms with Gasteiger partial charge in [0.25, 0.3) is 0 Å². The molecule has 1 aromatic carbocycles. The van der Waals surface area contributed by atoms with Gasteiger partial charge in [-0.3, -0.25) is 9.78 Å². The highest BCUT2D eigenvalue weighted by molar-refractivity contribution is 5.97. The van der Waals surface area contributed by atoms with Crippen molar-refractivity contribution in [3.05, 3.63) is 65.5 Å². The number of benzene rings is 1. The minimum atomic E-state index is 0.189. The van der Waals surface area contributed by atoms with Gasteiger partial charge < -0.3 is 0 Å². The quantitative estimate of drug-likeness (QED) is 0.748. The molecule has 0 unspecified atom stereocenters. The number of rotatable bonds is 4. The van der Waals surface area contributed by atoms with Gasteiger partial charge in [-0.1, -0.05) is 30.3 Å². The summed E-state index contributed by atoms with van der Waals surface area (Å²) < 4.78 is 0. The van der Waals surface area contributed by atoms with Gasteiger partial charge in [0.15, 0.2) is 5.78 Å². The number of carbonyl (C=O) groups excluding carboxylic acids is 1. The molecule has 0 radical (unpaired) electrons. The van der Waals surface area contributed by atoms with Crippen LogP contribution in [0.3, 0.4) is 0 Å². The van der Waals surface area contributed by atoms with E-state index >= 15 is 0 Å². The third-order valence-electron chi connectivity index (χ3n) is 2.78. The van der Waals surface area contributed by atoms with Crippen LogP contribution in [0, 0.1) is 6.92 Å². The average molecular weight is 225 g/mol. The number of pyridine rings is 1. The van der Waals surface area contributed by atoms with Gasteiger partial charge in [-0.25, -0.2) is 0 Å². The van der Waals surface area contributed by atoms with E-state index in [9.17, 15) is 4.79 Å². The molecule has 1 heterocycles. The predicted molar refractivity (Wildman–Crippen MR) is 68.1 cm³/mol. The average Bonchev–Trinajstić information content (AvgIpc) is 2.38. The van der Waals surface area contributed by atoms with Crippen LogP contribution < -0.4 is 0 Å². The first-order chi connectivity index (χ1) is 8.27. The van der Waals surface area contributed by atoms with Crippen LogP contribution in [0.2, 0.25) is 0 Å². The fraction of sp³-hybridized carbons (Fsp3) is 0.200. The summed E-state index contributed by atoms with van der Waals surface area (Å²) in [6.07, 6.45) is 2.98. The van der Waals surface area contributed by atoms with E-state index in [1.807, 2.05) is 49.4 Å². The summed E-state index contributed by atoms with van der Waals surface area (Å²) in [5.41, 5.74) is 2.83. The third kappa shape index (κ3) is 3.00. The van der Waals surface area contributed by atoms with Crippen molar-refractivity contribution in [2.45, 2.75) is 19.8 Å². The third-order valence-corrected chi connectivity index (χ3v) is 2.78. The van der Waals surface area contributed by atoms with E-state index in [4.69, 9.17) is 0 Å². The maximum absolute atomic E-state index is 12.0. The Morgan fingerprint density at radius 3 is 2.59 bits per heavy atom. The lowest BCUT2D eigenvalue weighted by Crippen LogP contribution is -2.03. The summed E-state index contributed by atoms with van der Waals surface area (Å²) in [4.78, 5) is 16.2. The number of carbonyl (C=O) groups is 1. The van der Waals surface area contributed by atoms with Gasteiger partial charge in [0, 0.05) is 23.9 Å². The molecule has 2 rings (SSSR count). The van der Waals surface area contributed by atoms with Gasteiger partial charge >= 0.3 is 0 Å². The smallest absolute Gasteiger partial charge is 0.163 e. The van der Waals surface area contributed by atoms with E-state index in [0.717, 1.165) is 16.8 Å². The summed E-state index contributed by atoms with van der Waals surface area (Å²) in [5, 5.41) is 0. The second-order valence-corrected chi connectivity index (χ2v) is 4.06. The fourth-order valence-electron chi connectivity index (χ4n) is 1.81. The summed E-state index contributed by atoms with van der Waals surface area (Å²) in [5.74, 6) is 0.189. The van der Waals surface area contributed by atoms with Crippen molar-refractivity contribution < 1.29 is 4.79 Å². The van der Waals surface area contributed by atoms with E-state index in [-0.39, 0.29) is 5.78 Å². The maximum atomic E-state index is 12.0. The minimum Gasteiger partial charge on any atom is -0.294 e. The van der Waals surface area contributed by atoms with E-state index < -0.39 is 0 Å². The Hall–Kier alpha value is -1.96. The molecule has 0 bridgehead atoms. The summed E-state index contributed by atoms with van der Waals surface area (Å²) in [7, 11) is 0. The van der Waals surface area contributed by atoms with Gasteiger partial charge in [0.2, 0.25) is 0 Å². The van der Waals surface area contributed by atoms with Crippen molar-refractivity contribution in [3.63, 3.8) is 0 Å². The maximum Gasteiger partial charge on any atom is 0.163 e. The molecule has 0 atom stereocenters. The molecule has 0 N–H and O–H groups in total. The van der Waals surface area contributed by atoms with Crippen molar-refractivity contribution >= 4 is 5.78 Å². The van der Waals surface area contributed by atoms with Crippen LogP contribution in [-0.2, 0) is 6.42 Å². The van der Waals surface area contributed by atoms with Crippen LogP contribution in [0.5, 0.6) is 0 Å². The Kier molecular flexibility index (Phi) is 3.66. The topological polar surface area (TPSA) is 30.0 Å².